The first-order chi connectivity index (χ1) is 18.9. The molecule has 28 heavy (non-hydrogen) atoms. The highest BCUT2D eigenvalue weighted by molar-refractivity contribution is 6.42. The van der Waals surface area contributed by atoms with Gasteiger partial charge in [0.15, 0.2) is 11.2 Å². The third-order valence-corrected chi connectivity index (χ3v) is 4.11. The fourth-order valence-electron chi connectivity index (χ4n) is 2.17. The van der Waals surface area contributed by atoms with Gasteiger partial charge < -0.3 is 14.6 Å². The molecule has 2 aromatic heterocycles. The van der Waals surface area contributed by atoms with Crippen molar-refractivity contribution in [2.45, 2.75) is 13.0 Å². The molecule has 8 nitrogen and oxygen atoms in total. The smallest absolute Gasteiger partial charge is 0.278 e. The second-order valence-corrected chi connectivity index (χ2v) is 5.99. The summed E-state index contributed by atoms with van der Waals surface area (Å²) in [5, 5.41) is 2.09. The van der Waals surface area contributed by atoms with Gasteiger partial charge in [0.2, 0.25) is 5.95 Å². The summed E-state index contributed by atoms with van der Waals surface area (Å²) in [6.07, 6.45) is -0.809. The van der Waals surface area contributed by atoms with Crippen LogP contribution in [0.15, 0.2) is 29.3 Å². The number of hydrogen-bond acceptors (Lipinski definition) is 6. The molecule has 0 atom stereocenters. The molecule has 0 bridgehead atoms. The summed E-state index contributed by atoms with van der Waals surface area (Å²) in [4.78, 5) is 22.6. The lowest BCUT2D eigenvalue weighted by molar-refractivity contribution is 0.0365. The zero-order valence-corrected chi connectivity index (χ0v) is 15.2. The number of aryl methyl sites for hydroxylation is 1. The minimum Gasteiger partial charge on any atom is -0.379 e. The van der Waals surface area contributed by atoms with Crippen LogP contribution in [0.5, 0.6) is 0 Å². The molecular formula is C18H20Cl2N6O2. The third kappa shape index (κ3) is 4.30. The first-order valence-corrected chi connectivity index (χ1v) is 8.33. The van der Waals surface area contributed by atoms with Crippen LogP contribution in [0.4, 0.5) is 5.95 Å². The zero-order chi connectivity index (χ0) is 32.0. The second-order valence-electron chi connectivity index (χ2n) is 5.21. The van der Waals surface area contributed by atoms with Gasteiger partial charge in [-0.2, -0.15) is 4.98 Å². The summed E-state index contributed by atoms with van der Waals surface area (Å²) in [5.74, 6) is -0.495. The number of H-pyrrole nitrogens is 1. The van der Waals surface area contributed by atoms with E-state index in [9.17, 15) is 4.79 Å². The fraction of sp³-hybridized carbons (Fsp3) is 0.389. The summed E-state index contributed by atoms with van der Waals surface area (Å²) in [6, 6.07) is 1.96. The maximum absolute atomic E-state index is 13.0. The van der Waals surface area contributed by atoms with Crippen LogP contribution in [-0.2, 0) is 17.8 Å². The Balaban J connectivity index is 1.75. The van der Waals surface area contributed by atoms with Gasteiger partial charge in [0.25, 0.3) is 5.56 Å². The lowest BCUT2D eigenvalue weighted by Gasteiger charge is -2.26. The van der Waals surface area contributed by atoms with Crippen molar-refractivity contribution in [3.63, 3.8) is 0 Å². The Morgan fingerprint density at radius 2 is 2.21 bits per heavy atom. The third-order valence-electron chi connectivity index (χ3n) is 3.40. The normalized spacial score (nSPS) is 30.8. The first-order valence-electron chi connectivity index (χ1n) is 14.6. The average Bonchev–Trinajstić information content (AvgIpc) is 3.08. The van der Waals surface area contributed by atoms with Crippen molar-refractivity contribution in [1.29, 1.82) is 0 Å². The molecule has 1 saturated heterocycles. The monoisotopic (exact) mass is 436 g/mol. The van der Waals surface area contributed by atoms with E-state index in [1.807, 2.05) is 0 Å². The van der Waals surface area contributed by atoms with Gasteiger partial charge >= 0.3 is 0 Å². The van der Waals surface area contributed by atoms with Crippen LogP contribution >= 0.6 is 23.2 Å². The van der Waals surface area contributed by atoms with Crippen LogP contribution in [0, 0.1) is 0 Å². The lowest BCUT2D eigenvalue weighted by atomic mass is 10.2. The van der Waals surface area contributed by atoms with Crippen LogP contribution in [0.2, 0.25) is 10.0 Å². The van der Waals surface area contributed by atoms with E-state index in [1.54, 1.807) is 0 Å². The number of anilines is 1. The molecule has 0 spiro atoms. The minimum atomic E-state index is -3.60. The molecule has 4 rings (SSSR count). The topological polar surface area (TPSA) is 88.1 Å². The number of aromatic amines is 1. The number of nitrogens with one attached hydrogen (secondary N) is 2. The highest BCUT2D eigenvalue weighted by atomic mass is 35.5. The van der Waals surface area contributed by atoms with Gasteiger partial charge in [-0.05, 0) is 17.7 Å². The molecule has 10 heteroatoms. The van der Waals surface area contributed by atoms with Gasteiger partial charge in [-0.15, -0.1) is 0 Å². The van der Waals surface area contributed by atoms with Gasteiger partial charge in [-0.1, -0.05) is 29.3 Å². The molecule has 0 amide bonds. The van der Waals surface area contributed by atoms with E-state index in [1.165, 1.54) is 0 Å². The molecule has 0 radical (unpaired) electrons. The van der Waals surface area contributed by atoms with Crippen LogP contribution in [0.25, 0.3) is 11.2 Å². The van der Waals surface area contributed by atoms with Gasteiger partial charge in [-0.3, -0.25) is 14.7 Å². The Kier molecular flexibility index (Phi) is 2.64. The van der Waals surface area contributed by atoms with E-state index >= 15 is 0 Å². The first kappa shape index (κ1) is 8.71. The standard InChI is InChI=1S/C18H20Cl2N6O2/c19-13-2-1-12(9-14(13)20)10-21-18-23-16-15(17(27)24-18)26(11-22-16)4-3-25-5-7-28-8-6-25/h1-2,9,11H,3-8,10H2,(H2,21,23,24,27)/i2D,3D2,5D2,6D2,7D2,8D2,10D2,11D. The second kappa shape index (κ2) is 8.48. The van der Waals surface area contributed by atoms with Crippen molar-refractivity contribution < 1.29 is 23.9 Å². The van der Waals surface area contributed by atoms with E-state index in [-0.39, 0.29) is 26.6 Å². The molecule has 3 aromatic rings. The lowest BCUT2D eigenvalue weighted by Crippen LogP contribution is -2.38. The highest BCUT2D eigenvalue weighted by Gasteiger charge is 2.14. The number of rotatable bonds is 6. The Morgan fingerprint density at radius 1 is 1.39 bits per heavy atom. The van der Waals surface area contributed by atoms with Crippen LogP contribution in [-0.4, -0.2) is 57.0 Å². The molecule has 148 valence electrons. The number of nitrogens with zero attached hydrogens (tertiary/aromatic N) is 4. The number of fused-ring (bicyclic) bond motifs is 1. The molecular weight excluding hydrogens is 403 g/mol. The van der Waals surface area contributed by atoms with Crippen molar-refractivity contribution in [2.24, 2.45) is 0 Å². The predicted molar refractivity (Wildman–Crippen MR) is 109 cm³/mol. The Bertz CT molecular complexity index is 1580. The summed E-state index contributed by atoms with van der Waals surface area (Å²) < 4.78 is 118. The average molecular weight is 437 g/mol. The summed E-state index contributed by atoms with van der Waals surface area (Å²) >= 11 is 11.8. The number of morpholine rings is 1. The van der Waals surface area contributed by atoms with Crippen molar-refractivity contribution in [2.75, 3.05) is 37.9 Å². The molecule has 0 unspecified atom stereocenters. The van der Waals surface area contributed by atoms with E-state index in [4.69, 9.17) is 42.4 Å². The Hall–Kier alpha value is -2.13. The number of benzene rings is 1. The van der Waals surface area contributed by atoms with Crippen molar-refractivity contribution in [3.8, 4) is 0 Å². The van der Waals surface area contributed by atoms with E-state index < -0.39 is 74.6 Å². The SMILES string of the molecule is [2H]c1cc(C([2H])([2H])Nc2nc3nc([2H])n(CC([2H])([2H])N4C([2H])([2H])C([2H])([2H])OC([2H])([2H])C4([2H])[2H])c3c(=O)[nH]2)cc(Cl)c1Cl. The molecule has 2 N–H and O–H groups in total. The van der Waals surface area contributed by atoms with Gasteiger partial charge in [-0.25, -0.2) is 4.98 Å². The molecule has 1 fully saturated rings. The van der Waals surface area contributed by atoms with Crippen molar-refractivity contribution in [3.05, 3.63) is 50.4 Å². The number of aromatic nitrogens is 4. The molecule has 3 heterocycles. The predicted octanol–water partition coefficient (Wildman–Crippen LogP) is 2.37. The van der Waals surface area contributed by atoms with Crippen molar-refractivity contribution >= 4 is 40.3 Å². The number of imidazole rings is 1. The maximum atomic E-state index is 13.0. The zero-order valence-electron chi connectivity index (χ0n) is 27.7. The Labute approximate surface area is 191 Å². The molecule has 1 aliphatic heterocycles. The van der Waals surface area contributed by atoms with Gasteiger partial charge in [0.1, 0.15) is 1.37 Å². The van der Waals surface area contributed by atoms with Gasteiger partial charge in [0, 0.05) is 40.8 Å². The quantitative estimate of drug-likeness (QED) is 0.616. The molecule has 1 aliphatic rings. The summed E-state index contributed by atoms with van der Waals surface area (Å²) in [5.41, 5.74) is -2.28. The Morgan fingerprint density at radius 3 is 3.00 bits per heavy atom. The molecule has 0 aliphatic carbocycles. The van der Waals surface area contributed by atoms with Crippen LogP contribution in [0.3, 0.4) is 0 Å². The maximum Gasteiger partial charge on any atom is 0.278 e. The van der Waals surface area contributed by atoms with Crippen LogP contribution < -0.4 is 10.9 Å². The number of ether oxygens (including phenoxy) is 1. The van der Waals surface area contributed by atoms with E-state index in [0.29, 0.717) is 4.57 Å². The summed E-state index contributed by atoms with van der Waals surface area (Å²) in [7, 11) is 0. The number of halogens is 2. The minimum absolute atomic E-state index is 0.108. The summed E-state index contributed by atoms with van der Waals surface area (Å²) in [6.45, 7) is -21.3. The van der Waals surface area contributed by atoms with Gasteiger partial charge in [0.05, 0.1) is 39.1 Å². The molecule has 1 aromatic carbocycles. The molecule has 0 saturated carbocycles. The van der Waals surface area contributed by atoms with Crippen molar-refractivity contribution in [1.82, 2.24) is 24.4 Å². The fourth-order valence-corrected chi connectivity index (χ4v) is 2.45. The highest BCUT2D eigenvalue weighted by Crippen LogP contribution is 2.22. The van der Waals surface area contributed by atoms with Crippen LogP contribution in [0.1, 0.15) is 24.8 Å². The number of hydrogen-bond donors (Lipinski definition) is 2. The van der Waals surface area contributed by atoms with E-state index in [2.05, 4.69) is 25.0 Å². The van der Waals surface area contributed by atoms with E-state index in [0.717, 1.165) is 12.1 Å². The largest absolute Gasteiger partial charge is 0.379 e.